The van der Waals surface area contributed by atoms with Gasteiger partial charge in [-0.05, 0) is 25.0 Å². The van der Waals surface area contributed by atoms with Gasteiger partial charge in [0.15, 0.2) is 17.5 Å². The van der Waals surface area contributed by atoms with Crippen molar-refractivity contribution in [1.29, 1.82) is 0 Å². The number of fused-ring (bicyclic) bond motifs is 1. The Morgan fingerprint density at radius 1 is 1.07 bits per heavy atom. The van der Waals surface area contributed by atoms with Crippen LogP contribution in [0.4, 0.5) is 18.9 Å². The molecule has 7 nitrogen and oxygen atoms in total. The number of nitrogens with one attached hydrogen (secondary N) is 1. The third-order valence-corrected chi connectivity index (χ3v) is 5.34. The number of imide groups is 1. The summed E-state index contributed by atoms with van der Waals surface area (Å²) >= 11 is 0. The van der Waals surface area contributed by atoms with Gasteiger partial charge < -0.3 is 10.2 Å². The lowest BCUT2D eigenvalue weighted by Gasteiger charge is -2.20. The second-order valence-corrected chi connectivity index (χ2v) is 7.28. The highest BCUT2D eigenvalue weighted by molar-refractivity contribution is 6.07. The number of benzene rings is 1. The Balaban J connectivity index is 1.58. The fourth-order valence-corrected chi connectivity index (χ4v) is 3.76. The first-order chi connectivity index (χ1) is 13.7. The lowest BCUT2D eigenvalue weighted by atomic mass is 9.81. The van der Waals surface area contributed by atoms with Gasteiger partial charge in [-0.2, -0.15) is 0 Å². The molecule has 0 bridgehead atoms. The summed E-state index contributed by atoms with van der Waals surface area (Å²) in [6.45, 7) is -1.01. The maximum atomic E-state index is 13.6. The van der Waals surface area contributed by atoms with E-state index < -0.39 is 48.0 Å². The van der Waals surface area contributed by atoms with Gasteiger partial charge in [-0.3, -0.25) is 24.1 Å². The number of hydrogen-bond donors (Lipinski definition) is 1. The first kappa shape index (κ1) is 20.8. The van der Waals surface area contributed by atoms with Crippen molar-refractivity contribution in [3.8, 4) is 0 Å². The topological polar surface area (TPSA) is 86.8 Å². The highest BCUT2D eigenvalue weighted by Gasteiger charge is 2.48. The van der Waals surface area contributed by atoms with Gasteiger partial charge in [-0.1, -0.05) is 12.8 Å². The van der Waals surface area contributed by atoms with Crippen LogP contribution in [0.2, 0.25) is 0 Å². The van der Waals surface area contributed by atoms with E-state index >= 15 is 0 Å². The first-order valence-corrected chi connectivity index (χ1v) is 9.23. The molecule has 0 unspecified atom stereocenters. The van der Waals surface area contributed by atoms with Crippen LogP contribution >= 0.6 is 0 Å². The third-order valence-electron chi connectivity index (χ3n) is 5.34. The number of nitrogens with zero attached hydrogens (tertiary/aromatic N) is 2. The highest BCUT2D eigenvalue weighted by Crippen LogP contribution is 2.37. The van der Waals surface area contributed by atoms with Gasteiger partial charge in [0.25, 0.3) is 0 Å². The number of halogens is 3. The molecule has 0 radical (unpaired) electrons. The van der Waals surface area contributed by atoms with Crippen LogP contribution in [0.15, 0.2) is 12.1 Å². The smallest absolute Gasteiger partial charge is 0.244 e. The summed E-state index contributed by atoms with van der Waals surface area (Å²) in [5.41, 5.74) is -0.566. The largest absolute Gasteiger partial charge is 0.335 e. The van der Waals surface area contributed by atoms with Crippen LogP contribution in [-0.2, 0) is 19.2 Å². The number of carbonyl (C=O) groups excluding carboxylic acids is 4. The van der Waals surface area contributed by atoms with E-state index in [0.717, 1.165) is 28.7 Å². The molecule has 1 heterocycles. The number of anilines is 1. The van der Waals surface area contributed by atoms with E-state index in [9.17, 15) is 32.3 Å². The Bertz CT molecular complexity index is 853. The van der Waals surface area contributed by atoms with E-state index in [1.165, 1.54) is 7.05 Å². The molecule has 1 aromatic carbocycles. The third kappa shape index (κ3) is 4.10. The Morgan fingerprint density at radius 2 is 1.66 bits per heavy atom. The molecular formula is C19H20F3N3O4. The average molecular weight is 411 g/mol. The fourth-order valence-electron chi connectivity index (χ4n) is 3.76. The van der Waals surface area contributed by atoms with E-state index in [0.29, 0.717) is 18.9 Å². The monoisotopic (exact) mass is 411 g/mol. The van der Waals surface area contributed by atoms with Crippen molar-refractivity contribution >= 4 is 29.3 Å². The normalized spacial score (nSPS) is 21.2. The quantitative estimate of drug-likeness (QED) is 0.590. The molecule has 1 aliphatic carbocycles. The van der Waals surface area contributed by atoms with Crippen LogP contribution in [0.25, 0.3) is 0 Å². The van der Waals surface area contributed by atoms with Gasteiger partial charge >= 0.3 is 0 Å². The number of likely N-dealkylation sites (tertiary alicyclic amines) is 1. The van der Waals surface area contributed by atoms with Crippen molar-refractivity contribution in [2.75, 3.05) is 25.5 Å². The number of rotatable bonds is 5. The van der Waals surface area contributed by atoms with E-state index in [4.69, 9.17) is 0 Å². The molecule has 1 N–H and O–H groups in total. The summed E-state index contributed by atoms with van der Waals surface area (Å²) in [4.78, 5) is 51.1. The van der Waals surface area contributed by atoms with Crippen LogP contribution < -0.4 is 5.32 Å². The molecule has 0 spiro atoms. The van der Waals surface area contributed by atoms with E-state index in [-0.39, 0.29) is 23.7 Å². The zero-order chi connectivity index (χ0) is 21.3. The van der Waals surface area contributed by atoms with E-state index in [1.54, 1.807) is 0 Å². The standard InChI is InChI=1S/C19H20F3N3O4/c1-24(8-14(26)23-13-7-6-12(20)16(21)17(13)22)15(27)9-25-18(28)10-4-2-3-5-11(10)19(25)29/h6-7,10-11H,2-5,8-9H2,1H3,(H,23,26)/t10-,11-/m0/s1. The van der Waals surface area contributed by atoms with Crippen molar-refractivity contribution in [2.24, 2.45) is 11.8 Å². The lowest BCUT2D eigenvalue weighted by Crippen LogP contribution is -2.44. The minimum absolute atomic E-state index is 0.366. The minimum atomic E-state index is -1.72. The van der Waals surface area contributed by atoms with Gasteiger partial charge in [-0.15, -0.1) is 0 Å². The SMILES string of the molecule is CN(CC(=O)Nc1ccc(F)c(F)c1F)C(=O)CN1C(=O)[C@H]2CCCC[C@@H]2C1=O. The molecule has 0 aromatic heterocycles. The first-order valence-electron chi connectivity index (χ1n) is 9.23. The van der Waals surface area contributed by atoms with Gasteiger partial charge in [0.2, 0.25) is 23.6 Å². The minimum Gasteiger partial charge on any atom is -0.335 e. The zero-order valence-electron chi connectivity index (χ0n) is 15.7. The summed E-state index contributed by atoms with van der Waals surface area (Å²) in [6, 6.07) is 1.52. The zero-order valence-corrected chi connectivity index (χ0v) is 15.7. The molecule has 3 rings (SSSR count). The molecule has 1 aromatic rings. The molecule has 1 saturated carbocycles. The number of carbonyl (C=O) groups is 4. The molecule has 4 amide bonds. The molecule has 2 fully saturated rings. The molecule has 29 heavy (non-hydrogen) atoms. The summed E-state index contributed by atoms with van der Waals surface area (Å²) in [5, 5.41) is 2.05. The summed E-state index contributed by atoms with van der Waals surface area (Å²) < 4.78 is 39.8. The lowest BCUT2D eigenvalue weighted by molar-refractivity contribution is -0.146. The number of amides is 4. The summed E-state index contributed by atoms with van der Waals surface area (Å²) in [6.07, 6.45) is 2.97. The van der Waals surface area contributed by atoms with Crippen LogP contribution in [0.1, 0.15) is 25.7 Å². The van der Waals surface area contributed by atoms with Crippen molar-refractivity contribution in [3.63, 3.8) is 0 Å². The Labute approximate surface area is 164 Å². The summed E-state index contributed by atoms with van der Waals surface area (Å²) in [7, 11) is 1.28. The van der Waals surface area contributed by atoms with Gasteiger partial charge in [0.05, 0.1) is 24.1 Å². The molecule has 1 aliphatic heterocycles. The Kier molecular flexibility index (Phi) is 5.90. The van der Waals surface area contributed by atoms with Crippen LogP contribution in [0, 0.1) is 29.3 Å². The second kappa shape index (κ2) is 8.22. The van der Waals surface area contributed by atoms with Crippen LogP contribution in [0.5, 0.6) is 0 Å². The molecular weight excluding hydrogens is 391 g/mol. The van der Waals surface area contributed by atoms with Gasteiger partial charge in [-0.25, -0.2) is 13.2 Å². The molecule has 10 heteroatoms. The van der Waals surface area contributed by atoms with Crippen LogP contribution in [-0.4, -0.2) is 53.6 Å². The second-order valence-electron chi connectivity index (χ2n) is 7.28. The van der Waals surface area contributed by atoms with Crippen molar-refractivity contribution in [2.45, 2.75) is 25.7 Å². The van der Waals surface area contributed by atoms with Crippen molar-refractivity contribution in [3.05, 3.63) is 29.6 Å². The predicted molar refractivity (Wildman–Crippen MR) is 94.8 cm³/mol. The van der Waals surface area contributed by atoms with Gasteiger partial charge in [0.1, 0.15) is 6.54 Å². The van der Waals surface area contributed by atoms with Crippen LogP contribution in [0.3, 0.4) is 0 Å². The maximum Gasteiger partial charge on any atom is 0.244 e. The Morgan fingerprint density at radius 3 is 2.24 bits per heavy atom. The maximum absolute atomic E-state index is 13.6. The summed E-state index contributed by atoms with van der Waals surface area (Å²) in [5.74, 6) is -7.66. The molecule has 2 atom stereocenters. The fraction of sp³-hybridized carbons (Fsp3) is 0.474. The predicted octanol–water partition coefficient (Wildman–Crippen LogP) is 1.68. The number of hydrogen-bond acceptors (Lipinski definition) is 4. The molecule has 1 saturated heterocycles. The Hall–Kier alpha value is -2.91. The van der Waals surface area contributed by atoms with Crippen molar-refractivity contribution < 1.29 is 32.3 Å². The van der Waals surface area contributed by atoms with E-state index in [2.05, 4.69) is 5.32 Å². The average Bonchev–Trinajstić information content (AvgIpc) is 2.93. The highest BCUT2D eigenvalue weighted by atomic mass is 19.2. The number of likely N-dealkylation sites (N-methyl/N-ethyl adjacent to an activating group) is 1. The molecule has 2 aliphatic rings. The molecule has 156 valence electrons. The van der Waals surface area contributed by atoms with Crippen molar-refractivity contribution in [1.82, 2.24) is 9.80 Å². The van der Waals surface area contributed by atoms with E-state index in [1.807, 2.05) is 0 Å². The van der Waals surface area contributed by atoms with Gasteiger partial charge in [0, 0.05) is 7.05 Å².